The number of carbonyl (C=O) groups excluding carboxylic acids is 2. The third-order valence-electron chi connectivity index (χ3n) is 4.26. The summed E-state index contributed by atoms with van der Waals surface area (Å²) in [4.78, 5) is 26.5. The first kappa shape index (κ1) is 19.1. The molecule has 0 spiro atoms. The summed E-state index contributed by atoms with van der Waals surface area (Å²) in [5, 5.41) is 2.69. The van der Waals surface area contributed by atoms with Gasteiger partial charge in [-0.25, -0.2) is 9.59 Å². The number of nitrogens with zero attached hydrogens (tertiary/aromatic N) is 1. The van der Waals surface area contributed by atoms with Crippen LogP contribution in [0.1, 0.15) is 33.6 Å². The second-order valence-corrected chi connectivity index (χ2v) is 7.31. The number of rotatable bonds is 4. The number of nitrogens with one attached hydrogen (secondary N) is 1. The normalized spacial score (nSPS) is 16.9. The molecule has 1 aromatic carbocycles. The molecule has 1 aliphatic rings. The first-order chi connectivity index (χ1) is 11.8. The Labute approximate surface area is 149 Å². The van der Waals surface area contributed by atoms with Gasteiger partial charge in [0.15, 0.2) is 0 Å². The molecule has 138 valence electrons. The van der Waals surface area contributed by atoms with Gasteiger partial charge in [0.1, 0.15) is 11.6 Å². The van der Waals surface area contributed by atoms with Gasteiger partial charge in [-0.2, -0.15) is 0 Å². The number of benzene rings is 1. The Bertz CT molecular complexity index is 575. The number of hydrogen-bond donors (Lipinski definition) is 1. The third-order valence-corrected chi connectivity index (χ3v) is 4.26. The predicted molar refractivity (Wildman–Crippen MR) is 96.6 cm³/mol. The molecular weight excluding hydrogens is 320 g/mol. The molecule has 1 amide bonds. The van der Waals surface area contributed by atoms with Gasteiger partial charge in [-0.1, -0.05) is 18.2 Å². The second-order valence-electron chi connectivity index (χ2n) is 7.31. The van der Waals surface area contributed by atoms with Crippen molar-refractivity contribution >= 4 is 17.7 Å². The zero-order valence-corrected chi connectivity index (χ0v) is 15.5. The van der Waals surface area contributed by atoms with Gasteiger partial charge in [0.05, 0.1) is 7.11 Å². The smallest absolute Gasteiger partial charge is 0.408 e. The van der Waals surface area contributed by atoms with Gasteiger partial charge in [0, 0.05) is 18.8 Å². The van der Waals surface area contributed by atoms with Crippen LogP contribution < -0.4 is 10.2 Å². The number of alkyl carbamates (subject to hydrolysis) is 1. The largest absolute Gasteiger partial charge is 0.467 e. The van der Waals surface area contributed by atoms with Gasteiger partial charge in [0.25, 0.3) is 0 Å². The maximum atomic E-state index is 12.2. The minimum Gasteiger partial charge on any atom is -0.467 e. The summed E-state index contributed by atoms with van der Waals surface area (Å²) < 4.78 is 10.2. The quantitative estimate of drug-likeness (QED) is 0.847. The number of carbonyl (C=O) groups is 2. The Morgan fingerprint density at radius 2 is 1.76 bits per heavy atom. The van der Waals surface area contributed by atoms with E-state index in [1.54, 1.807) is 20.8 Å². The monoisotopic (exact) mass is 348 g/mol. The fourth-order valence-corrected chi connectivity index (χ4v) is 3.06. The standard InChI is InChI=1S/C19H28N2O4/c1-19(2,3)25-18(23)20-16(17(22)24-4)14-10-12-21(13-11-14)15-8-6-5-7-9-15/h5-9,14,16H,10-13H2,1-4H3,(H,20,23). The number of para-hydroxylation sites is 1. The summed E-state index contributed by atoms with van der Waals surface area (Å²) in [6.45, 7) is 7.03. The van der Waals surface area contributed by atoms with Crippen molar-refractivity contribution in [1.29, 1.82) is 0 Å². The fourth-order valence-electron chi connectivity index (χ4n) is 3.06. The number of amides is 1. The second kappa shape index (κ2) is 8.23. The van der Waals surface area contributed by atoms with Crippen LogP contribution in [-0.4, -0.2) is 43.9 Å². The van der Waals surface area contributed by atoms with Gasteiger partial charge in [-0.05, 0) is 51.7 Å². The lowest BCUT2D eigenvalue weighted by molar-refractivity contribution is -0.144. The van der Waals surface area contributed by atoms with Gasteiger partial charge in [-0.15, -0.1) is 0 Å². The van der Waals surface area contributed by atoms with Crippen molar-refractivity contribution in [1.82, 2.24) is 5.32 Å². The Morgan fingerprint density at radius 3 is 2.28 bits per heavy atom. The molecule has 1 N–H and O–H groups in total. The SMILES string of the molecule is COC(=O)C(NC(=O)OC(C)(C)C)C1CCN(c2ccccc2)CC1. The summed E-state index contributed by atoms with van der Waals surface area (Å²) in [6.07, 6.45) is 1.00. The highest BCUT2D eigenvalue weighted by Crippen LogP contribution is 2.26. The van der Waals surface area contributed by atoms with Crippen LogP contribution in [-0.2, 0) is 14.3 Å². The van der Waals surface area contributed by atoms with Crippen molar-refractivity contribution in [2.45, 2.75) is 45.3 Å². The van der Waals surface area contributed by atoms with Crippen LogP contribution in [0.5, 0.6) is 0 Å². The summed E-state index contributed by atoms with van der Waals surface area (Å²) >= 11 is 0. The molecule has 0 radical (unpaired) electrons. The molecule has 0 saturated carbocycles. The van der Waals surface area contributed by atoms with Crippen molar-refractivity contribution in [2.24, 2.45) is 5.92 Å². The molecular formula is C19H28N2O4. The molecule has 0 aromatic heterocycles. The van der Waals surface area contributed by atoms with Crippen LogP contribution in [0.2, 0.25) is 0 Å². The molecule has 1 unspecified atom stereocenters. The molecule has 1 aromatic rings. The van der Waals surface area contributed by atoms with E-state index in [1.807, 2.05) is 18.2 Å². The van der Waals surface area contributed by atoms with Crippen molar-refractivity contribution in [3.63, 3.8) is 0 Å². The van der Waals surface area contributed by atoms with E-state index in [2.05, 4.69) is 22.3 Å². The maximum absolute atomic E-state index is 12.2. The van der Waals surface area contributed by atoms with Gasteiger partial charge < -0.3 is 19.7 Å². The van der Waals surface area contributed by atoms with E-state index in [0.29, 0.717) is 0 Å². The minimum absolute atomic E-state index is 0.0277. The minimum atomic E-state index is -0.683. The van der Waals surface area contributed by atoms with E-state index in [1.165, 1.54) is 12.8 Å². The molecule has 1 heterocycles. The summed E-state index contributed by atoms with van der Waals surface area (Å²) in [5.41, 5.74) is 0.567. The predicted octanol–water partition coefficient (Wildman–Crippen LogP) is 2.97. The van der Waals surface area contributed by atoms with Gasteiger partial charge >= 0.3 is 12.1 Å². The summed E-state index contributed by atoms with van der Waals surface area (Å²) in [7, 11) is 1.34. The molecule has 6 heteroatoms. The molecule has 1 aliphatic heterocycles. The van der Waals surface area contributed by atoms with Gasteiger partial charge in [0.2, 0.25) is 0 Å². The van der Waals surface area contributed by atoms with Crippen LogP contribution >= 0.6 is 0 Å². The van der Waals surface area contributed by atoms with E-state index in [-0.39, 0.29) is 5.92 Å². The average molecular weight is 348 g/mol. The topological polar surface area (TPSA) is 67.9 Å². The molecule has 0 aliphatic carbocycles. The van der Waals surface area contributed by atoms with E-state index in [0.717, 1.165) is 25.9 Å². The van der Waals surface area contributed by atoms with Crippen molar-refractivity contribution < 1.29 is 19.1 Å². The number of piperidine rings is 1. The molecule has 1 atom stereocenters. The third kappa shape index (κ3) is 5.66. The Hall–Kier alpha value is -2.24. The Balaban J connectivity index is 1.98. The maximum Gasteiger partial charge on any atom is 0.408 e. The number of methoxy groups -OCH3 is 1. The molecule has 0 bridgehead atoms. The highest BCUT2D eigenvalue weighted by Gasteiger charge is 2.34. The molecule has 1 fully saturated rings. The highest BCUT2D eigenvalue weighted by atomic mass is 16.6. The lowest BCUT2D eigenvalue weighted by Crippen LogP contribution is -2.51. The molecule has 2 rings (SSSR count). The van der Waals surface area contributed by atoms with Crippen LogP contribution in [0, 0.1) is 5.92 Å². The van der Waals surface area contributed by atoms with Crippen LogP contribution in [0.3, 0.4) is 0 Å². The average Bonchev–Trinajstić information content (AvgIpc) is 2.58. The number of anilines is 1. The number of esters is 1. The number of ether oxygens (including phenoxy) is 2. The van der Waals surface area contributed by atoms with Crippen LogP contribution in [0.15, 0.2) is 30.3 Å². The lowest BCUT2D eigenvalue weighted by Gasteiger charge is -2.36. The fraction of sp³-hybridized carbons (Fsp3) is 0.579. The summed E-state index contributed by atoms with van der Waals surface area (Å²) in [5.74, 6) is -0.399. The first-order valence-corrected chi connectivity index (χ1v) is 8.67. The van der Waals surface area contributed by atoms with Crippen molar-refractivity contribution in [3.8, 4) is 0 Å². The highest BCUT2D eigenvalue weighted by molar-refractivity contribution is 5.81. The first-order valence-electron chi connectivity index (χ1n) is 8.67. The van der Waals surface area contributed by atoms with E-state index < -0.39 is 23.7 Å². The van der Waals surface area contributed by atoms with E-state index in [4.69, 9.17) is 9.47 Å². The molecule has 6 nitrogen and oxygen atoms in total. The Morgan fingerprint density at radius 1 is 1.16 bits per heavy atom. The van der Waals surface area contributed by atoms with Crippen molar-refractivity contribution in [2.75, 3.05) is 25.1 Å². The van der Waals surface area contributed by atoms with Crippen molar-refractivity contribution in [3.05, 3.63) is 30.3 Å². The summed E-state index contributed by atoms with van der Waals surface area (Å²) in [6, 6.07) is 9.51. The van der Waals surface area contributed by atoms with Gasteiger partial charge in [-0.3, -0.25) is 0 Å². The van der Waals surface area contributed by atoms with Crippen LogP contribution in [0.25, 0.3) is 0 Å². The molecule has 25 heavy (non-hydrogen) atoms. The van der Waals surface area contributed by atoms with E-state index >= 15 is 0 Å². The zero-order valence-electron chi connectivity index (χ0n) is 15.5. The zero-order chi connectivity index (χ0) is 18.4. The Kier molecular flexibility index (Phi) is 6.28. The number of hydrogen-bond acceptors (Lipinski definition) is 5. The lowest BCUT2D eigenvalue weighted by atomic mass is 9.89. The van der Waals surface area contributed by atoms with E-state index in [9.17, 15) is 9.59 Å². The molecule has 1 saturated heterocycles. The van der Waals surface area contributed by atoms with Crippen LogP contribution in [0.4, 0.5) is 10.5 Å².